The molecular weight excluding hydrogens is 411 g/mol. The number of anilines is 2. The van der Waals surface area contributed by atoms with Gasteiger partial charge < -0.3 is 16.8 Å². The third kappa shape index (κ3) is 5.04. The molecule has 0 spiro atoms. The maximum Gasteiger partial charge on any atom is 0.256 e. The fraction of sp³-hybridized carbons (Fsp3) is 0.300. The summed E-state index contributed by atoms with van der Waals surface area (Å²) in [5, 5.41) is 6.88. The fourth-order valence-electron chi connectivity index (χ4n) is 3.33. The maximum absolute atomic E-state index is 12.8. The standard InChI is InChI=1S/C13H15ClFNO.C7H7N5O/c14-11-8-10(15)6-7-12(11)16-13(17)9-4-2-1-3-5-9;8-5-4(6(9)13)7-10-2-1-3-12(7)11-5/h6-9H,1-5H2,(H,16,17);1-3H,(H2,8,11)(H2,9,13). The lowest BCUT2D eigenvalue weighted by atomic mass is 9.88. The number of nitrogens with zero attached hydrogens (tertiary/aromatic N) is 3. The largest absolute Gasteiger partial charge is 0.381 e. The molecule has 158 valence electrons. The van der Waals surface area contributed by atoms with Crippen LogP contribution in [0.2, 0.25) is 5.02 Å². The van der Waals surface area contributed by atoms with E-state index in [4.69, 9.17) is 23.1 Å². The average Bonchev–Trinajstić information content (AvgIpc) is 3.07. The highest BCUT2D eigenvalue weighted by molar-refractivity contribution is 6.33. The summed E-state index contributed by atoms with van der Waals surface area (Å²) in [4.78, 5) is 26.8. The highest BCUT2D eigenvalue weighted by atomic mass is 35.5. The normalized spacial score (nSPS) is 14.1. The van der Waals surface area contributed by atoms with E-state index in [0.29, 0.717) is 11.3 Å². The zero-order valence-electron chi connectivity index (χ0n) is 16.1. The number of hydrogen-bond donors (Lipinski definition) is 3. The van der Waals surface area contributed by atoms with E-state index in [1.54, 1.807) is 18.5 Å². The minimum Gasteiger partial charge on any atom is -0.381 e. The topological polar surface area (TPSA) is 128 Å². The molecule has 1 aliphatic rings. The number of carbonyl (C=O) groups is 2. The Kier molecular flexibility index (Phi) is 6.83. The molecule has 0 saturated heterocycles. The Morgan fingerprint density at radius 1 is 1.23 bits per heavy atom. The molecule has 2 aromatic heterocycles. The molecule has 1 aliphatic carbocycles. The number of nitrogen functional groups attached to an aromatic ring is 1. The zero-order chi connectivity index (χ0) is 21.7. The smallest absolute Gasteiger partial charge is 0.256 e. The number of benzene rings is 1. The summed E-state index contributed by atoms with van der Waals surface area (Å²) < 4.78 is 14.3. The van der Waals surface area contributed by atoms with E-state index in [1.807, 2.05) is 0 Å². The van der Waals surface area contributed by atoms with Crippen LogP contribution in [-0.4, -0.2) is 26.4 Å². The molecule has 2 amide bonds. The molecule has 4 rings (SSSR count). The van der Waals surface area contributed by atoms with Gasteiger partial charge in [-0.25, -0.2) is 13.9 Å². The number of nitrogens with one attached hydrogen (secondary N) is 1. The van der Waals surface area contributed by atoms with Crippen LogP contribution in [0.25, 0.3) is 5.65 Å². The molecule has 1 saturated carbocycles. The van der Waals surface area contributed by atoms with Crippen molar-refractivity contribution in [2.24, 2.45) is 11.7 Å². The van der Waals surface area contributed by atoms with Crippen LogP contribution in [0.15, 0.2) is 36.7 Å². The predicted octanol–water partition coefficient (Wildman–Crippen LogP) is 3.41. The summed E-state index contributed by atoms with van der Waals surface area (Å²) in [6.07, 6.45) is 8.48. The molecule has 3 aromatic rings. The third-order valence-electron chi connectivity index (χ3n) is 4.83. The monoisotopic (exact) mass is 432 g/mol. The van der Waals surface area contributed by atoms with Crippen molar-refractivity contribution in [2.45, 2.75) is 32.1 Å². The van der Waals surface area contributed by atoms with Crippen molar-refractivity contribution in [1.29, 1.82) is 0 Å². The molecule has 2 heterocycles. The number of nitrogens with two attached hydrogens (primary N) is 2. The quantitative estimate of drug-likeness (QED) is 0.584. The Morgan fingerprint density at radius 2 is 1.97 bits per heavy atom. The lowest BCUT2D eigenvalue weighted by molar-refractivity contribution is -0.120. The summed E-state index contributed by atoms with van der Waals surface area (Å²) in [7, 11) is 0. The number of amides is 2. The van der Waals surface area contributed by atoms with Crippen LogP contribution in [-0.2, 0) is 4.79 Å². The molecule has 1 aromatic carbocycles. The Morgan fingerprint density at radius 3 is 2.63 bits per heavy atom. The van der Waals surface area contributed by atoms with Crippen molar-refractivity contribution in [3.8, 4) is 0 Å². The molecule has 0 radical (unpaired) electrons. The van der Waals surface area contributed by atoms with Crippen LogP contribution in [0.3, 0.4) is 0 Å². The first kappa shape index (κ1) is 21.5. The van der Waals surface area contributed by atoms with Crippen molar-refractivity contribution in [3.05, 3.63) is 53.1 Å². The van der Waals surface area contributed by atoms with E-state index in [1.165, 1.54) is 29.1 Å². The maximum atomic E-state index is 12.8. The van der Waals surface area contributed by atoms with Gasteiger partial charge in [0.25, 0.3) is 5.91 Å². The van der Waals surface area contributed by atoms with Gasteiger partial charge in [-0.3, -0.25) is 9.59 Å². The second kappa shape index (κ2) is 9.53. The lowest BCUT2D eigenvalue weighted by Crippen LogP contribution is -2.24. The highest BCUT2D eigenvalue weighted by Gasteiger charge is 2.21. The van der Waals surface area contributed by atoms with Crippen molar-refractivity contribution in [1.82, 2.24) is 14.6 Å². The minimum absolute atomic E-state index is 0.00166. The molecule has 30 heavy (non-hydrogen) atoms. The van der Waals surface area contributed by atoms with E-state index in [0.717, 1.165) is 25.7 Å². The van der Waals surface area contributed by atoms with E-state index in [9.17, 15) is 14.0 Å². The first-order chi connectivity index (χ1) is 14.4. The van der Waals surface area contributed by atoms with Crippen molar-refractivity contribution in [3.63, 3.8) is 0 Å². The molecule has 1 fully saturated rings. The first-order valence-corrected chi connectivity index (χ1v) is 9.89. The van der Waals surface area contributed by atoms with E-state index < -0.39 is 11.7 Å². The Bertz CT molecular complexity index is 1060. The summed E-state index contributed by atoms with van der Waals surface area (Å²) in [6.45, 7) is 0. The van der Waals surface area contributed by atoms with Crippen LogP contribution in [0.1, 0.15) is 42.5 Å². The van der Waals surface area contributed by atoms with Gasteiger partial charge in [0.05, 0.1) is 10.7 Å². The Labute approximate surface area is 177 Å². The van der Waals surface area contributed by atoms with Crippen LogP contribution in [0, 0.1) is 11.7 Å². The van der Waals surface area contributed by atoms with Crippen LogP contribution in [0.5, 0.6) is 0 Å². The van der Waals surface area contributed by atoms with Gasteiger partial charge in [-0.15, -0.1) is 5.10 Å². The van der Waals surface area contributed by atoms with Gasteiger partial charge in [0.15, 0.2) is 11.5 Å². The number of aromatic nitrogens is 3. The molecular formula is C20H22ClFN6O2. The van der Waals surface area contributed by atoms with E-state index in [2.05, 4.69) is 15.4 Å². The highest BCUT2D eigenvalue weighted by Crippen LogP contribution is 2.27. The molecule has 0 unspecified atom stereocenters. The molecule has 0 aliphatic heterocycles. The van der Waals surface area contributed by atoms with Crippen molar-refractivity contribution < 1.29 is 14.0 Å². The third-order valence-corrected chi connectivity index (χ3v) is 5.15. The molecule has 5 N–H and O–H groups in total. The van der Waals surface area contributed by atoms with E-state index in [-0.39, 0.29) is 28.2 Å². The molecule has 0 bridgehead atoms. The average molecular weight is 433 g/mol. The van der Waals surface area contributed by atoms with Crippen LogP contribution < -0.4 is 16.8 Å². The van der Waals surface area contributed by atoms with Gasteiger partial charge >= 0.3 is 0 Å². The SMILES string of the molecule is NC(=O)c1c(N)nn2cccnc12.O=C(Nc1ccc(F)cc1Cl)C1CCCCC1. The number of carbonyl (C=O) groups excluding carboxylic acids is 2. The van der Waals surface area contributed by atoms with Gasteiger partial charge in [0, 0.05) is 18.3 Å². The molecule has 10 heteroatoms. The minimum atomic E-state index is -0.619. The van der Waals surface area contributed by atoms with Gasteiger partial charge in [0.1, 0.15) is 11.4 Å². The van der Waals surface area contributed by atoms with Crippen molar-refractivity contribution in [2.75, 3.05) is 11.1 Å². The Balaban J connectivity index is 0.000000177. The van der Waals surface area contributed by atoms with Gasteiger partial charge in [0.2, 0.25) is 5.91 Å². The summed E-state index contributed by atoms with van der Waals surface area (Å²) in [5.41, 5.74) is 11.6. The number of halogens is 2. The zero-order valence-corrected chi connectivity index (χ0v) is 16.9. The van der Waals surface area contributed by atoms with E-state index >= 15 is 0 Å². The van der Waals surface area contributed by atoms with Crippen LogP contribution in [0.4, 0.5) is 15.9 Å². The molecule has 8 nitrogen and oxygen atoms in total. The predicted molar refractivity (Wildman–Crippen MR) is 113 cm³/mol. The number of primary amides is 1. The summed E-state index contributed by atoms with van der Waals surface area (Å²) in [5.74, 6) is -0.842. The number of fused-ring (bicyclic) bond motifs is 1. The van der Waals surface area contributed by atoms with Crippen molar-refractivity contribution >= 4 is 40.6 Å². The second-order valence-electron chi connectivity index (χ2n) is 6.96. The van der Waals surface area contributed by atoms with Gasteiger partial charge in [-0.1, -0.05) is 30.9 Å². The first-order valence-electron chi connectivity index (χ1n) is 9.51. The summed E-state index contributed by atoms with van der Waals surface area (Å²) in [6, 6.07) is 5.68. The van der Waals surface area contributed by atoms with Gasteiger partial charge in [-0.05, 0) is 37.1 Å². The van der Waals surface area contributed by atoms with Gasteiger partial charge in [-0.2, -0.15) is 0 Å². The number of rotatable bonds is 3. The van der Waals surface area contributed by atoms with Crippen LogP contribution >= 0.6 is 11.6 Å². The summed E-state index contributed by atoms with van der Waals surface area (Å²) >= 11 is 5.86. The molecule has 0 atom stereocenters. The lowest BCUT2D eigenvalue weighted by Gasteiger charge is -2.21. The Hall–Kier alpha value is -3.20. The fourth-order valence-corrected chi connectivity index (χ4v) is 3.55. The second-order valence-corrected chi connectivity index (χ2v) is 7.37. The number of hydrogen-bond acceptors (Lipinski definition) is 5.